The number of carbonyl (C=O) groups excluding carboxylic acids is 1. The van der Waals surface area contributed by atoms with E-state index in [1.807, 2.05) is 12.1 Å². The highest BCUT2D eigenvalue weighted by atomic mass is 35.5. The summed E-state index contributed by atoms with van der Waals surface area (Å²) >= 11 is 5.75. The number of halogens is 1. The lowest BCUT2D eigenvalue weighted by molar-refractivity contribution is -0.144. The van der Waals surface area contributed by atoms with Gasteiger partial charge in [-0.1, -0.05) is 23.7 Å². The fourth-order valence-electron chi connectivity index (χ4n) is 1.07. The Morgan fingerprint density at radius 1 is 1.50 bits per heavy atom. The summed E-state index contributed by atoms with van der Waals surface area (Å²) in [5.41, 5.74) is 0.903. The van der Waals surface area contributed by atoms with E-state index in [-0.39, 0.29) is 5.97 Å². The van der Waals surface area contributed by atoms with Crippen molar-refractivity contribution in [2.24, 2.45) is 4.99 Å². The molecule has 0 saturated heterocycles. The van der Waals surface area contributed by atoms with Crippen molar-refractivity contribution in [1.82, 2.24) is 0 Å². The number of nitrogens with zero attached hydrogens (tertiary/aromatic N) is 1. The number of hydrogen-bond donors (Lipinski definition) is 0. The van der Waals surface area contributed by atoms with Crippen molar-refractivity contribution in [2.75, 3.05) is 6.61 Å². The van der Waals surface area contributed by atoms with Crippen LogP contribution in [-0.4, -0.2) is 24.8 Å². The van der Waals surface area contributed by atoms with Gasteiger partial charge in [-0.2, -0.15) is 0 Å². The SMILES string of the molecule is CCOC(=O)C(C)/N=C/c1ccc(Cl)cc1. The first kappa shape index (κ1) is 12.7. The van der Waals surface area contributed by atoms with Gasteiger partial charge in [0.15, 0.2) is 0 Å². The van der Waals surface area contributed by atoms with Gasteiger partial charge in [-0.3, -0.25) is 4.99 Å². The van der Waals surface area contributed by atoms with E-state index < -0.39 is 6.04 Å². The normalized spacial score (nSPS) is 12.7. The highest BCUT2D eigenvalue weighted by Gasteiger charge is 2.10. The third kappa shape index (κ3) is 4.03. The number of carbonyl (C=O) groups is 1. The zero-order valence-corrected chi connectivity index (χ0v) is 10.1. The van der Waals surface area contributed by atoms with Gasteiger partial charge in [-0.25, -0.2) is 4.79 Å². The molecule has 1 rings (SSSR count). The van der Waals surface area contributed by atoms with Crippen LogP contribution in [-0.2, 0) is 9.53 Å². The number of esters is 1. The lowest BCUT2D eigenvalue weighted by Gasteiger charge is -2.04. The third-order valence-corrected chi connectivity index (χ3v) is 2.20. The Morgan fingerprint density at radius 3 is 2.69 bits per heavy atom. The summed E-state index contributed by atoms with van der Waals surface area (Å²) < 4.78 is 4.84. The zero-order chi connectivity index (χ0) is 12.0. The molecule has 0 spiro atoms. The largest absolute Gasteiger partial charge is 0.464 e. The molecule has 1 unspecified atom stereocenters. The quantitative estimate of drug-likeness (QED) is 0.599. The first-order chi connectivity index (χ1) is 7.63. The van der Waals surface area contributed by atoms with Crippen molar-refractivity contribution in [3.05, 3.63) is 34.9 Å². The molecule has 1 aromatic rings. The third-order valence-electron chi connectivity index (χ3n) is 1.94. The van der Waals surface area contributed by atoms with Crippen LogP contribution < -0.4 is 0 Å². The van der Waals surface area contributed by atoms with Crippen molar-refractivity contribution in [3.8, 4) is 0 Å². The lowest BCUT2D eigenvalue weighted by Crippen LogP contribution is -2.18. The lowest BCUT2D eigenvalue weighted by atomic mass is 10.2. The molecule has 1 atom stereocenters. The molecule has 0 bridgehead atoms. The van der Waals surface area contributed by atoms with Crippen LogP contribution in [0.2, 0.25) is 5.02 Å². The molecule has 0 fully saturated rings. The second-order valence-electron chi connectivity index (χ2n) is 3.26. The molecule has 0 amide bonds. The van der Waals surface area contributed by atoms with Gasteiger partial charge in [0, 0.05) is 11.2 Å². The summed E-state index contributed by atoms with van der Waals surface area (Å²) in [6, 6.07) is 6.75. The summed E-state index contributed by atoms with van der Waals surface area (Å²) in [6.07, 6.45) is 1.64. The van der Waals surface area contributed by atoms with E-state index in [0.717, 1.165) is 5.56 Å². The van der Waals surface area contributed by atoms with Crippen molar-refractivity contribution < 1.29 is 9.53 Å². The molecule has 0 aliphatic carbocycles. The van der Waals surface area contributed by atoms with Crippen molar-refractivity contribution in [1.29, 1.82) is 0 Å². The molecule has 3 nitrogen and oxygen atoms in total. The first-order valence-corrected chi connectivity index (χ1v) is 5.46. The van der Waals surface area contributed by atoms with Gasteiger partial charge in [0.2, 0.25) is 0 Å². The summed E-state index contributed by atoms with van der Waals surface area (Å²) in [5.74, 6) is -0.312. The average Bonchev–Trinajstić information content (AvgIpc) is 2.28. The Labute approximate surface area is 100 Å². The molecule has 16 heavy (non-hydrogen) atoms. The number of rotatable bonds is 4. The van der Waals surface area contributed by atoms with E-state index >= 15 is 0 Å². The van der Waals surface area contributed by atoms with Crippen LogP contribution in [0.4, 0.5) is 0 Å². The first-order valence-electron chi connectivity index (χ1n) is 5.09. The minimum atomic E-state index is -0.476. The summed E-state index contributed by atoms with van der Waals surface area (Å²) in [5, 5.41) is 0.676. The second kappa shape index (κ2) is 6.28. The summed E-state index contributed by atoms with van der Waals surface area (Å²) in [7, 11) is 0. The van der Waals surface area contributed by atoms with E-state index in [1.54, 1.807) is 32.2 Å². The molecule has 0 aliphatic rings. The van der Waals surface area contributed by atoms with Crippen LogP contribution in [0.3, 0.4) is 0 Å². The van der Waals surface area contributed by atoms with Gasteiger partial charge >= 0.3 is 5.97 Å². The van der Waals surface area contributed by atoms with Crippen LogP contribution in [0.25, 0.3) is 0 Å². The highest BCUT2D eigenvalue weighted by molar-refractivity contribution is 6.30. The minimum absolute atomic E-state index is 0.312. The van der Waals surface area contributed by atoms with E-state index in [2.05, 4.69) is 4.99 Å². The standard InChI is InChI=1S/C12H14ClNO2/c1-3-16-12(15)9(2)14-8-10-4-6-11(13)7-5-10/h4-9H,3H2,1-2H3/b14-8+. The Bertz CT molecular complexity index is 373. The zero-order valence-electron chi connectivity index (χ0n) is 9.31. The maximum Gasteiger partial charge on any atom is 0.330 e. The predicted molar refractivity (Wildman–Crippen MR) is 65.1 cm³/mol. The molecule has 0 radical (unpaired) electrons. The van der Waals surface area contributed by atoms with E-state index in [0.29, 0.717) is 11.6 Å². The van der Waals surface area contributed by atoms with Gasteiger partial charge in [-0.05, 0) is 31.5 Å². The van der Waals surface area contributed by atoms with Crippen LogP contribution in [0.5, 0.6) is 0 Å². The summed E-state index contributed by atoms with van der Waals surface area (Å²) in [6.45, 7) is 3.84. The van der Waals surface area contributed by atoms with E-state index in [1.165, 1.54) is 0 Å². The molecule has 0 aromatic heterocycles. The predicted octanol–water partition coefficient (Wildman–Crippen LogP) is 2.71. The molecule has 0 heterocycles. The maximum atomic E-state index is 11.3. The smallest absolute Gasteiger partial charge is 0.330 e. The number of ether oxygens (including phenoxy) is 1. The number of hydrogen-bond acceptors (Lipinski definition) is 3. The van der Waals surface area contributed by atoms with E-state index in [9.17, 15) is 4.79 Å². The molecule has 1 aromatic carbocycles. The fraction of sp³-hybridized carbons (Fsp3) is 0.333. The van der Waals surface area contributed by atoms with Crippen LogP contribution in [0, 0.1) is 0 Å². The van der Waals surface area contributed by atoms with Crippen LogP contribution in [0.15, 0.2) is 29.3 Å². The topological polar surface area (TPSA) is 38.7 Å². The number of benzene rings is 1. The van der Waals surface area contributed by atoms with E-state index in [4.69, 9.17) is 16.3 Å². The van der Waals surface area contributed by atoms with Crippen LogP contribution in [0.1, 0.15) is 19.4 Å². The summed E-state index contributed by atoms with van der Waals surface area (Å²) in [4.78, 5) is 15.4. The molecular formula is C12H14ClNO2. The van der Waals surface area contributed by atoms with Crippen molar-refractivity contribution in [2.45, 2.75) is 19.9 Å². The Kier molecular flexibility index (Phi) is 4.99. The van der Waals surface area contributed by atoms with Crippen LogP contribution >= 0.6 is 11.6 Å². The monoisotopic (exact) mass is 239 g/mol. The Morgan fingerprint density at radius 2 is 2.12 bits per heavy atom. The van der Waals surface area contributed by atoms with Gasteiger partial charge in [0.25, 0.3) is 0 Å². The maximum absolute atomic E-state index is 11.3. The Balaban J connectivity index is 2.59. The molecule has 0 aliphatic heterocycles. The van der Waals surface area contributed by atoms with Gasteiger partial charge in [-0.15, -0.1) is 0 Å². The molecule has 86 valence electrons. The second-order valence-corrected chi connectivity index (χ2v) is 3.69. The highest BCUT2D eigenvalue weighted by Crippen LogP contribution is 2.08. The molecule has 0 saturated carbocycles. The Hall–Kier alpha value is -1.35. The molecular weight excluding hydrogens is 226 g/mol. The fourth-order valence-corrected chi connectivity index (χ4v) is 1.20. The minimum Gasteiger partial charge on any atom is -0.464 e. The van der Waals surface area contributed by atoms with Gasteiger partial charge in [0.1, 0.15) is 6.04 Å². The van der Waals surface area contributed by atoms with Crippen molar-refractivity contribution >= 4 is 23.8 Å². The van der Waals surface area contributed by atoms with Gasteiger partial charge < -0.3 is 4.74 Å². The van der Waals surface area contributed by atoms with Crippen molar-refractivity contribution in [3.63, 3.8) is 0 Å². The number of aliphatic imine (C=N–C) groups is 1. The van der Waals surface area contributed by atoms with Gasteiger partial charge in [0.05, 0.1) is 6.61 Å². The average molecular weight is 240 g/mol. The molecule has 0 N–H and O–H groups in total. The molecule has 4 heteroatoms.